The van der Waals surface area contributed by atoms with Crippen molar-refractivity contribution in [3.05, 3.63) is 66.1 Å². The molecule has 0 aliphatic heterocycles. The van der Waals surface area contributed by atoms with E-state index in [1.165, 1.54) is 11.9 Å². The number of carbonyl (C=O) groups excluding carboxylic acids is 1. The molecule has 0 saturated heterocycles. The van der Waals surface area contributed by atoms with Crippen molar-refractivity contribution in [3.63, 3.8) is 0 Å². The number of nitrogens with zero attached hydrogens (tertiary/aromatic N) is 2. The number of hydrogen-bond acceptors (Lipinski definition) is 4. The molecule has 0 radical (unpaired) electrons. The van der Waals surface area contributed by atoms with Crippen molar-refractivity contribution in [2.45, 2.75) is 30.7 Å². The van der Waals surface area contributed by atoms with Gasteiger partial charge in [-0.25, -0.2) is 8.42 Å². The Bertz CT molecular complexity index is 1180. The maximum absolute atomic E-state index is 12.9. The molecule has 0 bridgehead atoms. The fraction of sp³-hybridized carbons (Fsp3) is 0.348. The highest BCUT2D eigenvalue weighted by atomic mass is 32.2. The average Bonchev–Trinajstić information content (AvgIpc) is 3.28. The van der Waals surface area contributed by atoms with Crippen LogP contribution in [0.5, 0.6) is 0 Å². The van der Waals surface area contributed by atoms with E-state index in [1.807, 2.05) is 36.4 Å². The summed E-state index contributed by atoms with van der Waals surface area (Å²) in [4.78, 5) is 14.3. The Morgan fingerprint density at radius 3 is 2.47 bits per heavy atom. The van der Waals surface area contributed by atoms with E-state index in [0.29, 0.717) is 24.1 Å². The van der Waals surface area contributed by atoms with E-state index in [4.69, 9.17) is 4.42 Å². The van der Waals surface area contributed by atoms with Gasteiger partial charge >= 0.3 is 0 Å². The quantitative estimate of drug-likeness (QED) is 0.576. The van der Waals surface area contributed by atoms with E-state index in [9.17, 15) is 13.2 Å². The molecule has 3 aromatic rings. The molecule has 2 aromatic carbocycles. The van der Waals surface area contributed by atoms with Gasteiger partial charge in [-0.15, -0.1) is 0 Å². The predicted molar refractivity (Wildman–Crippen MR) is 115 cm³/mol. The SMILES string of the molecule is C[C@@H]1C[C@H]1c1ccc(CN(C)C(=O)CN(C)S(=O)(=O)c2ccc3ccccc3c2)o1. The zero-order chi connectivity index (χ0) is 21.5. The number of carbonyl (C=O) groups is 1. The van der Waals surface area contributed by atoms with E-state index in [-0.39, 0.29) is 17.3 Å². The first-order chi connectivity index (χ1) is 14.3. The summed E-state index contributed by atoms with van der Waals surface area (Å²) in [5.41, 5.74) is 0. The highest BCUT2D eigenvalue weighted by molar-refractivity contribution is 7.89. The lowest BCUT2D eigenvalue weighted by Crippen LogP contribution is -2.39. The first-order valence-electron chi connectivity index (χ1n) is 10.0. The zero-order valence-corrected chi connectivity index (χ0v) is 18.2. The van der Waals surface area contributed by atoms with Gasteiger partial charge in [0, 0.05) is 20.0 Å². The summed E-state index contributed by atoms with van der Waals surface area (Å²) in [7, 11) is -0.695. The van der Waals surface area contributed by atoms with Gasteiger partial charge in [-0.1, -0.05) is 37.3 Å². The Labute approximate surface area is 177 Å². The molecule has 0 N–H and O–H groups in total. The van der Waals surface area contributed by atoms with E-state index in [0.717, 1.165) is 27.3 Å². The van der Waals surface area contributed by atoms with Gasteiger partial charge in [-0.05, 0) is 47.4 Å². The highest BCUT2D eigenvalue weighted by Crippen LogP contribution is 2.47. The molecular formula is C23H26N2O4S. The summed E-state index contributed by atoms with van der Waals surface area (Å²) >= 11 is 0. The Balaban J connectivity index is 1.41. The summed E-state index contributed by atoms with van der Waals surface area (Å²) in [5, 5.41) is 1.81. The van der Waals surface area contributed by atoms with E-state index in [2.05, 4.69) is 6.92 Å². The van der Waals surface area contributed by atoms with Crippen LogP contribution in [0.1, 0.15) is 30.8 Å². The number of amides is 1. The van der Waals surface area contributed by atoms with Crippen LogP contribution in [0.2, 0.25) is 0 Å². The normalized spacial score (nSPS) is 18.7. The minimum atomic E-state index is -3.77. The van der Waals surface area contributed by atoms with Gasteiger partial charge in [0.15, 0.2) is 0 Å². The van der Waals surface area contributed by atoms with Crippen molar-refractivity contribution in [1.82, 2.24) is 9.21 Å². The second-order valence-electron chi connectivity index (χ2n) is 8.14. The van der Waals surface area contributed by atoms with Crippen molar-refractivity contribution in [2.24, 2.45) is 5.92 Å². The van der Waals surface area contributed by atoms with Gasteiger partial charge in [0.1, 0.15) is 11.5 Å². The van der Waals surface area contributed by atoms with Crippen LogP contribution in [-0.4, -0.2) is 44.2 Å². The summed E-state index contributed by atoms with van der Waals surface area (Å²) in [6, 6.07) is 16.4. The Morgan fingerprint density at radius 1 is 1.07 bits per heavy atom. The van der Waals surface area contributed by atoms with Crippen molar-refractivity contribution in [1.29, 1.82) is 0 Å². The Hall–Kier alpha value is -2.64. The lowest BCUT2D eigenvalue weighted by Gasteiger charge is -2.21. The van der Waals surface area contributed by atoms with Gasteiger partial charge < -0.3 is 9.32 Å². The zero-order valence-electron chi connectivity index (χ0n) is 17.4. The second-order valence-corrected chi connectivity index (χ2v) is 10.2. The molecule has 1 aliphatic carbocycles. The first kappa shape index (κ1) is 20.6. The minimum absolute atomic E-state index is 0.174. The number of rotatable bonds is 7. The van der Waals surface area contributed by atoms with E-state index >= 15 is 0 Å². The summed E-state index contributed by atoms with van der Waals surface area (Å²) in [6.07, 6.45) is 1.14. The topological polar surface area (TPSA) is 70.8 Å². The molecular weight excluding hydrogens is 400 g/mol. The molecule has 1 aromatic heterocycles. The maximum Gasteiger partial charge on any atom is 0.243 e. The third-order valence-electron chi connectivity index (χ3n) is 5.76. The smallest absolute Gasteiger partial charge is 0.243 e. The molecule has 6 nitrogen and oxygen atoms in total. The monoisotopic (exact) mass is 426 g/mol. The van der Waals surface area contributed by atoms with Crippen LogP contribution in [0, 0.1) is 5.92 Å². The molecule has 1 amide bonds. The van der Waals surface area contributed by atoms with Crippen LogP contribution in [0.25, 0.3) is 10.8 Å². The molecule has 1 aliphatic rings. The molecule has 1 saturated carbocycles. The Kier molecular flexibility index (Phi) is 5.42. The van der Waals surface area contributed by atoms with Crippen LogP contribution in [0.15, 0.2) is 63.9 Å². The van der Waals surface area contributed by atoms with Gasteiger partial charge in [-0.3, -0.25) is 4.79 Å². The predicted octanol–water partition coefficient (Wildman–Crippen LogP) is 3.84. The van der Waals surface area contributed by atoms with Crippen LogP contribution < -0.4 is 0 Å². The van der Waals surface area contributed by atoms with Crippen molar-refractivity contribution in [2.75, 3.05) is 20.6 Å². The number of hydrogen-bond donors (Lipinski definition) is 0. The lowest BCUT2D eigenvalue weighted by molar-refractivity contribution is -0.130. The lowest BCUT2D eigenvalue weighted by atomic mass is 10.1. The van der Waals surface area contributed by atoms with E-state index in [1.54, 1.807) is 25.2 Å². The van der Waals surface area contributed by atoms with Gasteiger partial charge in [0.25, 0.3) is 0 Å². The van der Waals surface area contributed by atoms with Crippen molar-refractivity contribution >= 4 is 26.7 Å². The largest absolute Gasteiger partial charge is 0.464 e. The summed E-state index contributed by atoms with van der Waals surface area (Å²) in [5.74, 6) is 2.52. The molecule has 4 rings (SSSR count). The van der Waals surface area contributed by atoms with Gasteiger partial charge in [0.2, 0.25) is 15.9 Å². The number of sulfonamides is 1. The number of furan rings is 1. The van der Waals surface area contributed by atoms with Crippen LogP contribution >= 0.6 is 0 Å². The molecule has 0 unspecified atom stereocenters. The fourth-order valence-electron chi connectivity index (χ4n) is 3.62. The van der Waals surface area contributed by atoms with E-state index < -0.39 is 10.0 Å². The summed E-state index contributed by atoms with van der Waals surface area (Å²) in [6.45, 7) is 2.26. The van der Waals surface area contributed by atoms with Gasteiger partial charge in [0.05, 0.1) is 18.0 Å². The molecule has 2 atom stereocenters. The number of fused-ring (bicyclic) bond motifs is 1. The fourth-order valence-corrected chi connectivity index (χ4v) is 4.78. The maximum atomic E-state index is 12.9. The number of benzene rings is 2. The number of likely N-dealkylation sites (N-methyl/N-ethyl adjacent to an activating group) is 2. The third kappa shape index (κ3) is 4.13. The third-order valence-corrected chi connectivity index (χ3v) is 7.56. The van der Waals surface area contributed by atoms with Crippen molar-refractivity contribution in [3.8, 4) is 0 Å². The summed E-state index contributed by atoms with van der Waals surface area (Å²) < 4.78 is 32.8. The molecule has 7 heteroatoms. The molecule has 0 spiro atoms. The highest BCUT2D eigenvalue weighted by Gasteiger charge is 2.36. The minimum Gasteiger partial charge on any atom is -0.464 e. The van der Waals surface area contributed by atoms with Crippen molar-refractivity contribution < 1.29 is 17.6 Å². The Morgan fingerprint density at radius 2 is 1.77 bits per heavy atom. The molecule has 30 heavy (non-hydrogen) atoms. The van der Waals surface area contributed by atoms with Gasteiger partial charge in [-0.2, -0.15) is 4.31 Å². The standard InChI is InChI=1S/C23H26N2O4S/c1-16-12-21(16)22-11-9-19(29-22)14-24(2)23(26)15-25(3)30(27,28)20-10-8-17-6-4-5-7-18(17)13-20/h4-11,13,16,21H,12,14-15H2,1-3H3/t16-,21-/m1/s1. The van der Waals surface area contributed by atoms with Crippen LogP contribution in [0.4, 0.5) is 0 Å². The van der Waals surface area contributed by atoms with Crippen LogP contribution in [-0.2, 0) is 21.4 Å². The molecule has 1 heterocycles. The first-order valence-corrected chi connectivity index (χ1v) is 11.5. The molecule has 1 fully saturated rings. The average molecular weight is 427 g/mol. The molecule has 158 valence electrons. The van der Waals surface area contributed by atoms with Crippen LogP contribution in [0.3, 0.4) is 0 Å². The second kappa shape index (κ2) is 7.89.